The molecule has 1 amide bonds. The van der Waals surface area contributed by atoms with Crippen molar-refractivity contribution in [2.24, 2.45) is 0 Å². The minimum atomic E-state index is -0.204. The molecule has 1 unspecified atom stereocenters. The highest BCUT2D eigenvalue weighted by atomic mass is 35.5. The van der Waals surface area contributed by atoms with Crippen molar-refractivity contribution >= 4 is 42.1 Å². The van der Waals surface area contributed by atoms with E-state index in [4.69, 9.17) is 4.74 Å². The van der Waals surface area contributed by atoms with Gasteiger partial charge in [-0.25, -0.2) is 4.98 Å². The second-order valence-corrected chi connectivity index (χ2v) is 4.53. The van der Waals surface area contributed by atoms with Crippen LogP contribution >= 0.6 is 36.2 Å². The lowest BCUT2D eigenvalue weighted by Crippen LogP contribution is -2.51. The molecule has 104 valence electrons. The third kappa shape index (κ3) is 5.49. The fraction of sp³-hybridized carbons (Fsp3) is 0.600. The van der Waals surface area contributed by atoms with E-state index in [1.165, 1.54) is 0 Å². The lowest BCUT2D eigenvalue weighted by Gasteiger charge is -2.22. The zero-order chi connectivity index (χ0) is 11.2. The first-order chi connectivity index (χ1) is 7.86. The van der Waals surface area contributed by atoms with Crippen molar-refractivity contribution in [2.45, 2.75) is 12.5 Å². The second kappa shape index (κ2) is 9.52. The third-order valence-corrected chi connectivity index (χ3v) is 3.20. The molecule has 0 aromatic carbocycles. The van der Waals surface area contributed by atoms with Gasteiger partial charge in [0.05, 0.1) is 18.2 Å². The molecule has 1 aromatic heterocycles. The van der Waals surface area contributed by atoms with E-state index in [2.05, 4.69) is 15.6 Å². The molecular formula is C10H17Cl2N3O2S. The van der Waals surface area contributed by atoms with Crippen molar-refractivity contribution in [1.29, 1.82) is 0 Å². The fourth-order valence-electron chi connectivity index (χ4n) is 1.53. The van der Waals surface area contributed by atoms with E-state index in [0.717, 1.165) is 18.0 Å². The van der Waals surface area contributed by atoms with E-state index in [0.29, 0.717) is 19.8 Å². The number of halogens is 2. The molecule has 0 aliphatic carbocycles. The van der Waals surface area contributed by atoms with Gasteiger partial charge >= 0.3 is 0 Å². The molecule has 0 radical (unpaired) electrons. The van der Waals surface area contributed by atoms with Gasteiger partial charge in [0.1, 0.15) is 6.04 Å². The van der Waals surface area contributed by atoms with Gasteiger partial charge in [-0.2, -0.15) is 0 Å². The zero-order valence-corrected chi connectivity index (χ0v) is 12.2. The Balaban J connectivity index is 0.00000144. The van der Waals surface area contributed by atoms with Crippen LogP contribution in [0.2, 0.25) is 0 Å². The highest BCUT2D eigenvalue weighted by Gasteiger charge is 2.20. The minimum absolute atomic E-state index is 0. The monoisotopic (exact) mass is 313 g/mol. The number of hydrogen-bond donors (Lipinski definition) is 2. The fourth-order valence-corrected chi connectivity index (χ4v) is 2.15. The quantitative estimate of drug-likeness (QED) is 0.856. The summed E-state index contributed by atoms with van der Waals surface area (Å²) in [7, 11) is 0. The van der Waals surface area contributed by atoms with Gasteiger partial charge in [-0.15, -0.1) is 36.2 Å². The molecule has 0 bridgehead atoms. The summed E-state index contributed by atoms with van der Waals surface area (Å²) in [5, 5.41) is 8.98. The highest BCUT2D eigenvalue weighted by molar-refractivity contribution is 7.09. The molecule has 8 heteroatoms. The van der Waals surface area contributed by atoms with Crippen molar-refractivity contribution < 1.29 is 9.53 Å². The number of thiazole rings is 1. The lowest BCUT2D eigenvalue weighted by molar-refractivity contribution is -0.125. The Morgan fingerprint density at radius 2 is 2.44 bits per heavy atom. The molecule has 1 aliphatic rings. The summed E-state index contributed by atoms with van der Waals surface area (Å²) in [6.45, 7) is 2.51. The average Bonchev–Trinajstić information content (AvgIpc) is 2.83. The number of ether oxygens (including phenoxy) is 1. The molecule has 18 heavy (non-hydrogen) atoms. The van der Waals surface area contributed by atoms with Gasteiger partial charge < -0.3 is 15.4 Å². The molecule has 1 aliphatic heterocycles. The van der Waals surface area contributed by atoms with Crippen LogP contribution in [0.4, 0.5) is 0 Å². The summed E-state index contributed by atoms with van der Waals surface area (Å²) < 4.78 is 5.22. The van der Waals surface area contributed by atoms with Gasteiger partial charge in [-0.05, 0) is 0 Å². The first-order valence-electron chi connectivity index (χ1n) is 5.33. The SMILES string of the molecule is Cl.Cl.O=C(NCCc1nccs1)C1COCCN1. The number of nitrogens with one attached hydrogen (secondary N) is 2. The van der Waals surface area contributed by atoms with Crippen LogP contribution in [0, 0.1) is 0 Å². The first-order valence-corrected chi connectivity index (χ1v) is 6.21. The normalized spacial score (nSPS) is 18.3. The van der Waals surface area contributed by atoms with E-state index in [-0.39, 0.29) is 36.8 Å². The Morgan fingerprint density at radius 3 is 3.06 bits per heavy atom. The average molecular weight is 314 g/mol. The Kier molecular flexibility index (Phi) is 9.31. The number of carbonyl (C=O) groups is 1. The van der Waals surface area contributed by atoms with E-state index in [9.17, 15) is 4.79 Å². The minimum Gasteiger partial charge on any atom is -0.378 e. The highest BCUT2D eigenvalue weighted by Crippen LogP contribution is 2.03. The van der Waals surface area contributed by atoms with Crippen molar-refractivity contribution in [3.8, 4) is 0 Å². The van der Waals surface area contributed by atoms with E-state index in [1.807, 2.05) is 5.38 Å². The number of morpholine rings is 1. The van der Waals surface area contributed by atoms with Crippen LogP contribution < -0.4 is 10.6 Å². The third-order valence-electron chi connectivity index (χ3n) is 2.36. The van der Waals surface area contributed by atoms with Crippen LogP contribution in [0.25, 0.3) is 0 Å². The van der Waals surface area contributed by atoms with Gasteiger partial charge in [0.25, 0.3) is 0 Å². The predicted molar refractivity (Wildman–Crippen MR) is 75.9 cm³/mol. The standard InChI is InChI=1S/C10H15N3O2S.2ClH/c14-10(8-7-15-5-3-11-8)13-2-1-9-12-4-6-16-9;;/h4,6,8,11H,1-3,5,7H2,(H,13,14);2*1H. The molecule has 1 saturated heterocycles. The van der Waals surface area contributed by atoms with Crippen molar-refractivity contribution in [2.75, 3.05) is 26.3 Å². The molecule has 5 nitrogen and oxygen atoms in total. The largest absolute Gasteiger partial charge is 0.378 e. The summed E-state index contributed by atoms with van der Waals surface area (Å²) in [5.41, 5.74) is 0. The Hall–Kier alpha value is -0.400. The number of hydrogen-bond acceptors (Lipinski definition) is 5. The van der Waals surface area contributed by atoms with E-state index < -0.39 is 0 Å². The molecule has 2 heterocycles. The predicted octanol–water partition coefficient (Wildman–Crippen LogP) is 0.634. The van der Waals surface area contributed by atoms with Crippen LogP contribution in [0.3, 0.4) is 0 Å². The van der Waals surface area contributed by atoms with Gasteiger partial charge in [0, 0.05) is 31.1 Å². The van der Waals surface area contributed by atoms with Gasteiger partial charge in [-0.3, -0.25) is 4.79 Å². The first kappa shape index (κ1) is 17.6. The van der Waals surface area contributed by atoms with Crippen LogP contribution in [-0.4, -0.2) is 43.2 Å². The van der Waals surface area contributed by atoms with Crippen LogP contribution in [-0.2, 0) is 16.0 Å². The number of aromatic nitrogens is 1. The number of nitrogens with zero attached hydrogens (tertiary/aromatic N) is 1. The molecule has 1 aromatic rings. The summed E-state index contributed by atoms with van der Waals surface area (Å²) in [6.07, 6.45) is 2.56. The topological polar surface area (TPSA) is 63.2 Å². The molecular weight excluding hydrogens is 297 g/mol. The van der Waals surface area contributed by atoms with Gasteiger partial charge in [0.2, 0.25) is 5.91 Å². The molecule has 0 saturated carbocycles. The molecule has 2 N–H and O–H groups in total. The molecule has 1 atom stereocenters. The van der Waals surface area contributed by atoms with Crippen LogP contribution in [0.5, 0.6) is 0 Å². The van der Waals surface area contributed by atoms with Crippen molar-refractivity contribution in [3.63, 3.8) is 0 Å². The van der Waals surface area contributed by atoms with Crippen molar-refractivity contribution in [3.05, 3.63) is 16.6 Å². The molecule has 2 rings (SSSR count). The van der Waals surface area contributed by atoms with E-state index in [1.54, 1.807) is 17.5 Å². The van der Waals surface area contributed by atoms with Gasteiger partial charge in [-0.1, -0.05) is 0 Å². The van der Waals surface area contributed by atoms with Crippen LogP contribution in [0.1, 0.15) is 5.01 Å². The number of rotatable bonds is 4. The summed E-state index contributed by atoms with van der Waals surface area (Å²) in [6, 6.07) is -0.204. The van der Waals surface area contributed by atoms with E-state index >= 15 is 0 Å². The van der Waals surface area contributed by atoms with Gasteiger partial charge in [0.15, 0.2) is 0 Å². The Labute approximate surface area is 123 Å². The lowest BCUT2D eigenvalue weighted by atomic mass is 10.2. The summed E-state index contributed by atoms with van der Waals surface area (Å²) in [5.74, 6) is 0.0104. The summed E-state index contributed by atoms with van der Waals surface area (Å²) in [4.78, 5) is 15.8. The number of amides is 1. The Morgan fingerprint density at radius 1 is 1.61 bits per heavy atom. The maximum atomic E-state index is 11.7. The maximum absolute atomic E-state index is 11.7. The van der Waals surface area contributed by atoms with Crippen molar-refractivity contribution in [1.82, 2.24) is 15.6 Å². The molecule has 0 spiro atoms. The Bertz CT molecular complexity index is 332. The zero-order valence-electron chi connectivity index (χ0n) is 9.76. The second-order valence-electron chi connectivity index (χ2n) is 3.55. The maximum Gasteiger partial charge on any atom is 0.239 e. The van der Waals surface area contributed by atoms with Crippen LogP contribution in [0.15, 0.2) is 11.6 Å². The summed E-state index contributed by atoms with van der Waals surface area (Å²) >= 11 is 1.61. The molecule has 1 fully saturated rings. The number of carbonyl (C=O) groups excluding carboxylic acids is 1. The smallest absolute Gasteiger partial charge is 0.239 e.